The summed E-state index contributed by atoms with van der Waals surface area (Å²) in [6.07, 6.45) is -12.6. The molecule has 0 saturated carbocycles. The van der Waals surface area contributed by atoms with Crippen LogP contribution in [0.3, 0.4) is 0 Å². The molecule has 1 heterocycles. The first kappa shape index (κ1) is 91.3. The number of benzene rings is 8. The lowest BCUT2D eigenvalue weighted by Gasteiger charge is -2.19. The number of ether oxygens (including phenoxy) is 6. The number of carbonyl (C=O) groups excluding carboxylic acids is 2. The largest absolute Gasteiger partial charge is 0.508 e. The number of halogens is 10. The fraction of sp³-hybridized carbons (Fsp3) is 0.289. The highest BCUT2D eigenvalue weighted by atomic mass is 127. The van der Waals surface area contributed by atoms with E-state index in [2.05, 4.69) is 14.7 Å². The summed E-state index contributed by atoms with van der Waals surface area (Å²) in [5.41, 5.74) is 12.3. The Morgan fingerprint density at radius 3 is 1.14 bits per heavy atom. The topological polar surface area (TPSA) is 318 Å². The number of alkyl halides is 9. The molecular formula is C76H80F9IN4O18S3. The third-order valence-corrected chi connectivity index (χ3v) is 20.1. The van der Waals surface area contributed by atoms with Crippen molar-refractivity contribution in [3.05, 3.63) is 210 Å². The van der Waals surface area contributed by atoms with Crippen molar-refractivity contribution in [2.75, 3.05) is 47.0 Å². The maximum Gasteiger partial charge on any atom is 0.420 e. The second-order valence-corrected chi connectivity index (χ2v) is 30.6. The number of aromatic hydroxyl groups is 1. The van der Waals surface area contributed by atoms with Gasteiger partial charge in [-0.1, -0.05) is 94.6 Å². The van der Waals surface area contributed by atoms with Crippen molar-refractivity contribution in [3.63, 3.8) is 0 Å². The molecule has 9 aromatic rings. The molecule has 8 aromatic carbocycles. The number of ketones is 2. The Kier molecular flexibility index (Phi) is 31.4. The van der Waals surface area contributed by atoms with Crippen LogP contribution in [0.2, 0.25) is 0 Å². The van der Waals surface area contributed by atoms with Crippen LogP contribution < -0.4 is 52.4 Å². The molecule has 0 radical (unpaired) electrons. The van der Waals surface area contributed by atoms with Gasteiger partial charge in [-0.3, -0.25) is 9.59 Å². The maximum atomic E-state index is 13.3. The van der Waals surface area contributed by atoms with Crippen molar-refractivity contribution in [1.29, 1.82) is 0 Å². The van der Waals surface area contributed by atoms with Gasteiger partial charge in [-0.2, -0.15) is 69.8 Å². The minimum absolute atomic E-state index is 0.00167. The standard InChI is InChI=1S/C18H19F3O4S.C16H15IO5S.C16H16O5S.C15H17F3N4O2.C11H13F3O2/c1-11(2)14-9-17(24-4)15(18(19,20)21)10-16(14)25-26(22,23)13-7-5-12(3)6-8-13;1-10-4-6-12(7-5-10)23(19,20)22-15-9-14(17)16(21-3)8-13(15)11(2)18;1-11-4-7-14(8-5-11)22(18,19)21-16-9-6-13(20-3)10-15(16)12(2)17;1-7(2)8-4-11(23-3)9(15(16,17)18)5-10(8)24-12-6-21-14(20)22-13(12)19;1-6(2)7-4-10(16-3)8(5-9(7)15)11(12,13)14/h5-11H,1-4H3;4-9H,1-3H3;4-10H,1-3H3;4-7H,1-3H3,(H4,19,20,21,22);4-6,15H,1-3H3. The molecule has 9 rings (SSSR count). The fourth-order valence-electron chi connectivity index (χ4n) is 9.66. The van der Waals surface area contributed by atoms with Crippen LogP contribution in [0, 0.1) is 24.3 Å². The number of carbonyl (C=O) groups is 2. The number of methoxy groups -OCH3 is 5. The van der Waals surface area contributed by atoms with Gasteiger partial charge in [0.2, 0.25) is 5.95 Å². The molecule has 111 heavy (non-hydrogen) atoms. The van der Waals surface area contributed by atoms with E-state index in [4.69, 9.17) is 47.7 Å². The fourth-order valence-corrected chi connectivity index (χ4v) is 13.2. The third-order valence-electron chi connectivity index (χ3n) is 15.5. The number of aryl methyl sites for hydroxylation is 3. The molecule has 0 spiro atoms. The zero-order valence-corrected chi connectivity index (χ0v) is 67.1. The summed E-state index contributed by atoms with van der Waals surface area (Å²) in [5, 5.41) is 9.49. The molecule has 5 N–H and O–H groups in total. The molecule has 0 aliphatic carbocycles. The Balaban J connectivity index is 0.000000250. The van der Waals surface area contributed by atoms with E-state index in [9.17, 15) is 79.5 Å². The number of phenolic OH excluding ortho intramolecular Hbond substituents is 1. The van der Waals surface area contributed by atoms with Crippen molar-refractivity contribution < 1.29 is 120 Å². The quantitative estimate of drug-likeness (QED) is 0.0260. The number of aromatic nitrogens is 2. The van der Waals surface area contributed by atoms with Gasteiger partial charge < -0.3 is 57.5 Å². The predicted octanol–water partition coefficient (Wildman–Crippen LogP) is 18.6. The van der Waals surface area contributed by atoms with E-state index in [-0.39, 0.29) is 119 Å². The van der Waals surface area contributed by atoms with Gasteiger partial charge in [0, 0.05) is 16.7 Å². The number of hydrogen-bond donors (Lipinski definition) is 3. The van der Waals surface area contributed by atoms with E-state index in [1.54, 1.807) is 71.0 Å². The van der Waals surface area contributed by atoms with Crippen LogP contribution in [-0.4, -0.2) is 87.4 Å². The van der Waals surface area contributed by atoms with Crippen molar-refractivity contribution in [3.8, 4) is 63.2 Å². The van der Waals surface area contributed by atoms with Crippen LogP contribution in [-0.2, 0) is 48.9 Å². The summed E-state index contributed by atoms with van der Waals surface area (Å²) >= 11 is 1.99. The number of nitrogen functional groups attached to an aromatic ring is 2. The minimum atomic E-state index is -4.72. The van der Waals surface area contributed by atoms with E-state index in [1.165, 1.54) is 127 Å². The normalized spacial score (nSPS) is 11.6. The van der Waals surface area contributed by atoms with E-state index >= 15 is 0 Å². The summed E-state index contributed by atoms with van der Waals surface area (Å²) in [7, 11) is -5.88. The van der Waals surface area contributed by atoms with Crippen molar-refractivity contribution in [2.45, 2.75) is 127 Å². The zero-order chi connectivity index (χ0) is 83.8. The molecule has 22 nitrogen and oxygen atoms in total. The summed E-state index contributed by atoms with van der Waals surface area (Å²) in [6.45, 7) is 18.8. The summed E-state index contributed by atoms with van der Waals surface area (Å²) < 4.78 is 237. The Morgan fingerprint density at radius 2 is 0.775 bits per heavy atom. The van der Waals surface area contributed by atoms with Crippen molar-refractivity contribution in [2.24, 2.45) is 0 Å². The predicted molar refractivity (Wildman–Crippen MR) is 405 cm³/mol. The van der Waals surface area contributed by atoms with Crippen LogP contribution >= 0.6 is 22.6 Å². The lowest BCUT2D eigenvalue weighted by atomic mass is 9.99. The van der Waals surface area contributed by atoms with E-state index in [0.29, 0.717) is 43.9 Å². The van der Waals surface area contributed by atoms with Gasteiger partial charge in [-0.05, 0) is 178 Å². The van der Waals surface area contributed by atoms with Gasteiger partial charge in [0.1, 0.15) is 77.4 Å². The van der Waals surface area contributed by atoms with Crippen LogP contribution in [0.25, 0.3) is 0 Å². The molecule has 0 amide bonds. The van der Waals surface area contributed by atoms with Crippen molar-refractivity contribution >= 4 is 76.3 Å². The molecule has 1 aromatic heterocycles. The van der Waals surface area contributed by atoms with Gasteiger partial charge >= 0.3 is 48.9 Å². The highest BCUT2D eigenvalue weighted by Crippen LogP contribution is 2.46. The molecule has 0 fully saturated rings. The molecule has 0 aliphatic heterocycles. The van der Waals surface area contributed by atoms with Gasteiger partial charge in [-0.15, -0.1) is 0 Å². The molecule has 0 unspecified atom stereocenters. The van der Waals surface area contributed by atoms with Crippen LogP contribution in [0.5, 0.6) is 63.2 Å². The van der Waals surface area contributed by atoms with E-state index < -0.39 is 65.6 Å². The Morgan fingerprint density at radius 1 is 0.423 bits per heavy atom. The zero-order valence-electron chi connectivity index (χ0n) is 62.5. The lowest BCUT2D eigenvalue weighted by Crippen LogP contribution is -2.14. The van der Waals surface area contributed by atoms with Crippen molar-refractivity contribution in [1.82, 2.24) is 9.97 Å². The summed E-state index contributed by atoms with van der Waals surface area (Å²) in [5.74, 6) is -1.97. The maximum absolute atomic E-state index is 13.3. The second-order valence-electron chi connectivity index (χ2n) is 24.8. The van der Waals surface area contributed by atoms with E-state index in [0.717, 1.165) is 35.9 Å². The number of Topliss-reactive ketones (excluding diaryl/α,β-unsaturated/α-hetero) is 2. The molecule has 600 valence electrons. The molecule has 0 atom stereocenters. The Bertz CT molecular complexity index is 5130. The first-order valence-corrected chi connectivity index (χ1v) is 38.0. The second kappa shape index (κ2) is 38.1. The first-order chi connectivity index (χ1) is 51.4. The van der Waals surface area contributed by atoms with Crippen LogP contribution in [0.1, 0.15) is 144 Å². The van der Waals surface area contributed by atoms with E-state index in [1.807, 2.05) is 50.3 Å². The Hall–Kier alpha value is -10.3. The molecule has 0 bridgehead atoms. The number of nitrogens with zero attached hydrogens (tertiary/aromatic N) is 2. The number of phenols is 1. The van der Waals surface area contributed by atoms with Gasteiger partial charge in [0.25, 0.3) is 0 Å². The lowest BCUT2D eigenvalue weighted by molar-refractivity contribution is -0.139. The molecular weight excluding hydrogens is 1650 g/mol. The molecule has 35 heteroatoms. The first-order valence-electron chi connectivity index (χ1n) is 32.7. The molecule has 0 aliphatic rings. The van der Waals surface area contributed by atoms with Gasteiger partial charge in [-0.25, -0.2) is 4.98 Å². The van der Waals surface area contributed by atoms with Crippen LogP contribution in [0.15, 0.2) is 160 Å². The average Bonchev–Trinajstić information content (AvgIpc) is 0.795. The number of hydrogen-bond acceptors (Lipinski definition) is 22. The number of rotatable bonds is 21. The smallest absolute Gasteiger partial charge is 0.420 e. The van der Waals surface area contributed by atoms with Gasteiger partial charge in [0.05, 0.1) is 56.4 Å². The van der Waals surface area contributed by atoms with Crippen LogP contribution in [0.4, 0.5) is 51.3 Å². The SMILES string of the molecule is COc1cc(C(C)=O)c(OS(=O)(=O)c2ccc(C)cc2)cc1I.COc1cc(C(C)C)c(O)cc1C(F)(F)F.COc1cc(C(C)C)c(OS(=O)(=O)c2ccc(C)cc2)cc1C(F)(F)F.COc1cc(C(C)C)c(Oc2cnc(N)nc2N)cc1C(F)(F)F.COc1ccc(OS(=O)(=O)c2ccc(C)cc2)c(C(C)=O)c1. The number of anilines is 2. The minimum Gasteiger partial charge on any atom is -0.508 e. The monoisotopic (exact) mass is 1730 g/mol. The third kappa shape index (κ3) is 25.1. The summed E-state index contributed by atoms with van der Waals surface area (Å²) in [6, 6.07) is 31.7. The summed E-state index contributed by atoms with van der Waals surface area (Å²) in [4.78, 5) is 30.8. The molecule has 0 saturated heterocycles. The number of nitrogens with two attached hydrogens (primary N) is 2. The van der Waals surface area contributed by atoms with Gasteiger partial charge in [0.15, 0.2) is 34.6 Å². The average molecular weight is 1730 g/mol. The highest BCUT2D eigenvalue weighted by molar-refractivity contribution is 14.1. The highest BCUT2D eigenvalue weighted by Gasteiger charge is 2.39. The Labute approximate surface area is 650 Å².